The summed E-state index contributed by atoms with van der Waals surface area (Å²) < 4.78 is 40.0. The molecule has 1 N–H and O–H groups in total. The van der Waals surface area contributed by atoms with E-state index in [1.165, 1.54) is 13.0 Å². The average molecular weight is 448 g/mol. The molecule has 1 saturated carbocycles. The summed E-state index contributed by atoms with van der Waals surface area (Å²) in [6.45, 7) is 3.65. The maximum absolute atomic E-state index is 13.3. The van der Waals surface area contributed by atoms with E-state index in [1.54, 1.807) is 17.0 Å². The molecule has 32 heavy (non-hydrogen) atoms. The van der Waals surface area contributed by atoms with Gasteiger partial charge in [0.25, 0.3) is 0 Å². The molecule has 4 rings (SSSR count). The Bertz CT molecular complexity index is 930. The Morgan fingerprint density at radius 2 is 1.81 bits per heavy atom. The molecule has 2 aliphatic heterocycles. The van der Waals surface area contributed by atoms with Crippen LogP contribution in [-0.4, -0.2) is 48.9 Å². The highest BCUT2D eigenvalue weighted by atomic mass is 19.4. The summed E-state index contributed by atoms with van der Waals surface area (Å²) in [7, 11) is 0. The Labute approximate surface area is 185 Å². The number of nitrogens with zero attached hydrogens (tertiary/aromatic N) is 3. The van der Waals surface area contributed by atoms with Crippen LogP contribution in [0.5, 0.6) is 0 Å². The zero-order chi connectivity index (χ0) is 23.0. The topological polar surface area (TPSA) is 76.4 Å². The van der Waals surface area contributed by atoms with E-state index in [2.05, 4.69) is 5.32 Å². The number of likely N-dealkylation sites (tertiary alicyclic amines) is 1. The van der Waals surface area contributed by atoms with Crippen molar-refractivity contribution in [3.05, 3.63) is 29.3 Å². The molecular weight excluding hydrogens is 421 g/mol. The number of amides is 2. The van der Waals surface area contributed by atoms with Gasteiger partial charge in [-0.15, -0.1) is 0 Å². The third-order valence-electron chi connectivity index (χ3n) is 7.01. The molecule has 9 heteroatoms. The van der Waals surface area contributed by atoms with Gasteiger partial charge in [0.15, 0.2) is 0 Å². The highest BCUT2D eigenvalue weighted by Gasteiger charge is 2.44. The molecule has 1 aliphatic carbocycles. The third kappa shape index (κ3) is 4.69. The van der Waals surface area contributed by atoms with Gasteiger partial charge in [-0.3, -0.25) is 9.59 Å². The number of benzene rings is 1. The summed E-state index contributed by atoms with van der Waals surface area (Å²) in [5.74, 6) is 0.0392. The van der Waals surface area contributed by atoms with E-state index in [4.69, 9.17) is 5.26 Å². The molecule has 0 aromatic heterocycles. The first-order valence-corrected chi connectivity index (χ1v) is 11.1. The molecule has 2 heterocycles. The first kappa shape index (κ1) is 22.4. The summed E-state index contributed by atoms with van der Waals surface area (Å²) in [4.78, 5) is 28.4. The lowest BCUT2D eigenvalue weighted by Crippen LogP contribution is -2.42. The number of nitriles is 1. The molecule has 0 radical (unpaired) electrons. The number of carbonyl (C=O) groups is 2. The van der Waals surface area contributed by atoms with E-state index < -0.39 is 11.7 Å². The molecule has 2 amide bonds. The lowest BCUT2D eigenvalue weighted by molar-refractivity contribution is -0.137. The number of hydrogen-bond donors (Lipinski definition) is 1. The fraction of sp³-hybridized carbons (Fsp3) is 0.609. The van der Waals surface area contributed by atoms with E-state index in [-0.39, 0.29) is 41.2 Å². The highest BCUT2D eigenvalue weighted by Crippen LogP contribution is 2.39. The summed E-state index contributed by atoms with van der Waals surface area (Å²) in [5.41, 5.74) is -0.838. The van der Waals surface area contributed by atoms with Crippen LogP contribution in [0.25, 0.3) is 0 Å². The van der Waals surface area contributed by atoms with Crippen molar-refractivity contribution in [3.63, 3.8) is 0 Å². The molecule has 2 saturated heterocycles. The number of piperidine rings is 1. The molecule has 172 valence electrons. The van der Waals surface area contributed by atoms with E-state index in [1.807, 2.05) is 4.90 Å². The molecule has 1 aromatic rings. The van der Waals surface area contributed by atoms with Gasteiger partial charge >= 0.3 is 6.18 Å². The summed E-state index contributed by atoms with van der Waals surface area (Å²) in [6.07, 6.45) is -1.09. The summed E-state index contributed by atoms with van der Waals surface area (Å²) >= 11 is 0. The second kappa shape index (κ2) is 8.64. The van der Waals surface area contributed by atoms with Crippen LogP contribution in [0.3, 0.4) is 0 Å². The van der Waals surface area contributed by atoms with Gasteiger partial charge in [0, 0.05) is 44.8 Å². The molecule has 3 aliphatic rings. The van der Waals surface area contributed by atoms with Gasteiger partial charge in [-0.05, 0) is 55.7 Å². The van der Waals surface area contributed by atoms with Gasteiger partial charge in [0.1, 0.15) is 0 Å². The number of nitrogens with one attached hydrogen (secondary N) is 1. The minimum atomic E-state index is -4.58. The number of halogens is 3. The minimum absolute atomic E-state index is 0.0191. The van der Waals surface area contributed by atoms with Gasteiger partial charge < -0.3 is 15.1 Å². The van der Waals surface area contributed by atoms with Crippen molar-refractivity contribution < 1.29 is 22.8 Å². The van der Waals surface area contributed by atoms with Crippen LogP contribution in [-0.2, 0) is 15.8 Å². The average Bonchev–Trinajstić information content (AvgIpc) is 3.45. The molecular formula is C23H27F3N4O2. The van der Waals surface area contributed by atoms with Gasteiger partial charge in [0.2, 0.25) is 11.8 Å². The molecule has 6 nitrogen and oxygen atoms in total. The quantitative estimate of drug-likeness (QED) is 0.768. The molecule has 0 spiro atoms. The Morgan fingerprint density at radius 1 is 1.12 bits per heavy atom. The highest BCUT2D eigenvalue weighted by molar-refractivity contribution is 5.82. The molecule has 1 aromatic carbocycles. The first-order chi connectivity index (χ1) is 15.2. The molecule has 2 atom stereocenters. The largest absolute Gasteiger partial charge is 0.417 e. The zero-order valence-corrected chi connectivity index (χ0v) is 18.0. The van der Waals surface area contributed by atoms with Gasteiger partial charge in [-0.2, -0.15) is 18.4 Å². The second-order valence-corrected chi connectivity index (χ2v) is 9.14. The number of rotatable bonds is 4. The van der Waals surface area contributed by atoms with Crippen molar-refractivity contribution >= 4 is 17.5 Å². The standard InChI is InChI=1S/C23H27F3N4O2/c1-14(31)30-12-19(20(13-30)22(32)28-17-3-4-17)15-6-8-29(9-7-15)18-5-2-16(11-27)21(10-18)23(24,25)26/h2,5,10,15,17,19-20H,3-4,6-9,12-13H2,1H3,(H,28,32)/t19-,20+/m0/s1. The summed E-state index contributed by atoms with van der Waals surface area (Å²) in [5, 5.41) is 12.1. The number of alkyl halides is 3. The van der Waals surface area contributed by atoms with Crippen LogP contribution in [0, 0.1) is 29.1 Å². The van der Waals surface area contributed by atoms with Crippen LogP contribution in [0.4, 0.5) is 18.9 Å². The predicted octanol–water partition coefficient (Wildman–Crippen LogP) is 3.17. The smallest absolute Gasteiger partial charge is 0.372 e. The number of anilines is 1. The maximum Gasteiger partial charge on any atom is 0.417 e. The van der Waals surface area contributed by atoms with Crippen molar-refractivity contribution in [1.29, 1.82) is 5.26 Å². The monoisotopic (exact) mass is 448 g/mol. The van der Waals surface area contributed by atoms with E-state index >= 15 is 0 Å². The molecule has 0 bridgehead atoms. The van der Waals surface area contributed by atoms with E-state index in [0.717, 1.165) is 31.7 Å². The van der Waals surface area contributed by atoms with Gasteiger partial charge in [-0.1, -0.05) is 0 Å². The second-order valence-electron chi connectivity index (χ2n) is 9.14. The van der Waals surface area contributed by atoms with Gasteiger partial charge in [0.05, 0.1) is 23.1 Å². The first-order valence-electron chi connectivity index (χ1n) is 11.1. The Kier molecular flexibility index (Phi) is 6.06. The van der Waals surface area contributed by atoms with Crippen molar-refractivity contribution in [3.8, 4) is 6.07 Å². The number of carbonyl (C=O) groups excluding carboxylic acids is 2. The maximum atomic E-state index is 13.3. The normalized spacial score (nSPS) is 24.3. The van der Waals surface area contributed by atoms with Crippen LogP contribution in [0.1, 0.15) is 43.7 Å². The molecule has 0 unspecified atom stereocenters. The lowest BCUT2D eigenvalue weighted by Gasteiger charge is -2.37. The van der Waals surface area contributed by atoms with Crippen molar-refractivity contribution in [2.24, 2.45) is 17.8 Å². The van der Waals surface area contributed by atoms with E-state index in [0.29, 0.717) is 31.9 Å². The fourth-order valence-electron chi connectivity index (χ4n) is 5.02. The third-order valence-corrected chi connectivity index (χ3v) is 7.01. The summed E-state index contributed by atoms with van der Waals surface area (Å²) in [6, 6.07) is 5.72. The Balaban J connectivity index is 1.45. The van der Waals surface area contributed by atoms with Crippen LogP contribution in [0.15, 0.2) is 18.2 Å². The van der Waals surface area contributed by atoms with Crippen LogP contribution < -0.4 is 10.2 Å². The van der Waals surface area contributed by atoms with Crippen molar-refractivity contribution in [2.75, 3.05) is 31.1 Å². The number of hydrogen-bond acceptors (Lipinski definition) is 4. The fourth-order valence-corrected chi connectivity index (χ4v) is 5.02. The Hall–Kier alpha value is -2.76. The molecule has 3 fully saturated rings. The van der Waals surface area contributed by atoms with Gasteiger partial charge in [-0.25, -0.2) is 0 Å². The van der Waals surface area contributed by atoms with E-state index in [9.17, 15) is 22.8 Å². The van der Waals surface area contributed by atoms with Crippen molar-refractivity contribution in [1.82, 2.24) is 10.2 Å². The van der Waals surface area contributed by atoms with Crippen LogP contribution in [0.2, 0.25) is 0 Å². The minimum Gasteiger partial charge on any atom is -0.372 e. The predicted molar refractivity (Wildman–Crippen MR) is 111 cm³/mol. The van der Waals surface area contributed by atoms with Crippen molar-refractivity contribution in [2.45, 2.75) is 44.8 Å². The lowest BCUT2D eigenvalue weighted by atomic mass is 9.78. The van der Waals surface area contributed by atoms with Crippen LogP contribution >= 0.6 is 0 Å². The Morgan fingerprint density at radius 3 is 2.38 bits per heavy atom. The zero-order valence-electron chi connectivity index (χ0n) is 18.0. The SMILES string of the molecule is CC(=O)N1C[C@@H](C(=O)NC2CC2)[C@H](C2CCN(c3ccc(C#N)c(C(F)(F)F)c3)CC2)C1.